The van der Waals surface area contributed by atoms with Crippen LogP contribution in [-0.4, -0.2) is 51.8 Å². The van der Waals surface area contributed by atoms with Crippen LogP contribution in [0.25, 0.3) is 0 Å². The molecule has 0 spiro atoms. The van der Waals surface area contributed by atoms with Crippen molar-refractivity contribution >= 4 is 16.0 Å². The van der Waals surface area contributed by atoms with Crippen LogP contribution in [0.5, 0.6) is 0 Å². The third-order valence-electron chi connectivity index (χ3n) is 5.78. The summed E-state index contributed by atoms with van der Waals surface area (Å²) in [5, 5.41) is 0. The number of rotatable bonds is 6. The summed E-state index contributed by atoms with van der Waals surface area (Å²) in [6.07, 6.45) is 9.25. The van der Waals surface area contributed by atoms with Gasteiger partial charge in [0.1, 0.15) is 0 Å². The van der Waals surface area contributed by atoms with Crippen LogP contribution in [0.3, 0.4) is 0 Å². The van der Waals surface area contributed by atoms with E-state index < -0.39 is 0 Å². The number of piperidine rings is 2. The van der Waals surface area contributed by atoms with E-state index in [0.717, 1.165) is 43.9 Å². The number of hydrogen-bond acceptors (Lipinski definition) is 2. The molecule has 2 saturated heterocycles. The van der Waals surface area contributed by atoms with E-state index in [1.807, 2.05) is 9.62 Å². The Morgan fingerprint density at radius 1 is 0.909 bits per heavy atom. The second-order valence-electron chi connectivity index (χ2n) is 8.87. The number of hydrogen-bond donors (Lipinski definition) is 0. The maximum Gasteiger partial charge on any atom is 0.182 e. The molecule has 0 aromatic rings. The molecule has 0 aliphatic carbocycles. The van der Waals surface area contributed by atoms with Crippen molar-refractivity contribution in [3.63, 3.8) is 0 Å². The van der Waals surface area contributed by atoms with Crippen molar-refractivity contribution in [2.24, 2.45) is 23.2 Å². The Hall–Kier alpha value is 0.0499. The van der Waals surface area contributed by atoms with Crippen molar-refractivity contribution in [2.75, 3.05) is 26.2 Å². The summed E-state index contributed by atoms with van der Waals surface area (Å²) in [5.74, 6) is 2.60. The average Bonchev–Trinajstić information content (AvgIpc) is 2.43. The summed E-state index contributed by atoms with van der Waals surface area (Å²) in [6.45, 7) is 11.7. The molecule has 2 nitrogen and oxygen atoms in total. The monoisotopic (exact) mass is 300 g/mol. The van der Waals surface area contributed by atoms with Crippen LogP contribution in [0.2, 0.25) is 0 Å². The average molecular weight is 300 g/mol. The maximum atomic E-state index is 5.88. The van der Waals surface area contributed by atoms with Gasteiger partial charge in [0.2, 0.25) is 0 Å². The predicted molar refractivity (Wildman–Crippen MR) is 96.9 cm³/mol. The van der Waals surface area contributed by atoms with Gasteiger partial charge < -0.3 is 9.62 Å². The fourth-order valence-electron chi connectivity index (χ4n) is 4.81. The second kappa shape index (κ2) is 8.24. The molecule has 4 radical (unpaired) electrons. The van der Waals surface area contributed by atoms with Gasteiger partial charge >= 0.3 is 0 Å². The predicted octanol–water partition coefficient (Wildman–Crippen LogP) is 3.41. The fourth-order valence-corrected chi connectivity index (χ4v) is 4.81. The molecule has 2 fully saturated rings. The van der Waals surface area contributed by atoms with E-state index in [9.17, 15) is 0 Å². The molecule has 0 bridgehead atoms. The lowest BCUT2D eigenvalue weighted by Crippen LogP contribution is -2.34. The van der Waals surface area contributed by atoms with Gasteiger partial charge in [-0.15, -0.1) is 0 Å². The van der Waals surface area contributed by atoms with Crippen LogP contribution < -0.4 is 0 Å². The third kappa shape index (κ3) is 6.28. The lowest BCUT2D eigenvalue weighted by molar-refractivity contribution is 0.155. The summed E-state index contributed by atoms with van der Waals surface area (Å²) in [5.41, 5.74) is 0.468. The lowest BCUT2D eigenvalue weighted by Gasteiger charge is -2.37. The summed E-state index contributed by atoms with van der Waals surface area (Å²) in [6, 6.07) is 0. The highest BCUT2D eigenvalue weighted by molar-refractivity contribution is 6.04. The zero-order valence-corrected chi connectivity index (χ0v) is 15.1. The van der Waals surface area contributed by atoms with Crippen LogP contribution in [-0.2, 0) is 0 Å². The first kappa shape index (κ1) is 18.4. The Morgan fingerprint density at radius 2 is 1.36 bits per heavy atom. The standard InChI is InChI=1S/C18H34B2N2/c1-15(12-16-4-8-21(19)9-5-16)13-18(2,3)14-17-6-10-22(20)11-7-17/h15-17H,4-14H2,1-3H3. The molecule has 2 heterocycles. The van der Waals surface area contributed by atoms with E-state index in [4.69, 9.17) is 16.0 Å². The smallest absolute Gasteiger partial charge is 0.182 e. The molecule has 4 heteroatoms. The Bertz CT molecular complexity index is 319. The van der Waals surface area contributed by atoms with E-state index in [-0.39, 0.29) is 0 Å². The molecule has 0 saturated carbocycles. The van der Waals surface area contributed by atoms with E-state index >= 15 is 0 Å². The molecule has 2 aliphatic heterocycles. The van der Waals surface area contributed by atoms with E-state index in [0.29, 0.717) is 5.41 Å². The summed E-state index contributed by atoms with van der Waals surface area (Å²) in [7, 11) is 11.7. The molecule has 1 unspecified atom stereocenters. The largest absolute Gasteiger partial charge is 0.353 e. The van der Waals surface area contributed by atoms with Gasteiger partial charge in [-0.1, -0.05) is 20.8 Å². The normalized spacial score (nSPS) is 25.4. The molecule has 2 aliphatic rings. The Balaban J connectivity index is 1.70. The van der Waals surface area contributed by atoms with Crippen molar-refractivity contribution in [3.8, 4) is 0 Å². The van der Waals surface area contributed by atoms with Gasteiger partial charge in [0.05, 0.1) is 0 Å². The van der Waals surface area contributed by atoms with Crippen molar-refractivity contribution in [1.82, 2.24) is 9.62 Å². The van der Waals surface area contributed by atoms with E-state index in [2.05, 4.69) is 20.8 Å². The highest BCUT2D eigenvalue weighted by atomic mass is 15.0. The summed E-state index contributed by atoms with van der Waals surface area (Å²) >= 11 is 0. The van der Waals surface area contributed by atoms with Gasteiger partial charge in [0, 0.05) is 0 Å². The minimum atomic E-state index is 0.468. The van der Waals surface area contributed by atoms with Gasteiger partial charge in [0.15, 0.2) is 16.0 Å². The van der Waals surface area contributed by atoms with Crippen LogP contribution in [0.1, 0.15) is 65.7 Å². The molecular weight excluding hydrogens is 266 g/mol. The lowest BCUT2D eigenvalue weighted by atomic mass is 9.72. The zero-order chi connectivity index (χ0) is 16.2. The third-order valence-corrected chi connectivity index (χ3v) is 5.78. The molecule has 0 amide bonds. The molecule has 1 atom stereocenters. The Kier molecular flexibility index (Phi) is 6.89. The topological polar surface area (TPSA) is 6.48 Å². The van der Waals surface area contributed by atoms with E-state index in [1.165, 1.54) is 44.9 Å². The molecule has 122 valence electrons. The summed E-state index contributed by atoms with van der Waals surface area (Å²) in [4.78, 5) is 3.96. The molecule has 2 rings (SSSR count). The molecule has 0 aromatic heterocycles. The first-order valence-corrected chi connectivity index (χ1v) is 9.33. The highest BCUT2D eigenvalue weighted by Gasteiger charge is 2.28. The minimum absolute atomic E-state index is 0.468. The quantitative estimate of drug-likeness (QED) is 0.694. The zero-order valence-electron chi connectivity index (χ0n) is 15.1. The molecule has 0 N–H and O–H groups in total. The van der Waals surface area contributed by atoms with Crippen LogP contribution in [0.15, 0.2) is 0 Å². The van der Waals surface area contributed by atoms with Gasteiger partial charge in [-0.2, -0.15) is 0 Å². The molecule has 22 heavy (non-hydrogen) atoms. The van der Waals surface area contributed by atoms with E-state index in [1.54, 1.807) is 0 Å². The van der Waals surface area contributed by atoms with Crippen LogP contribution in [0.4, 0.5) is 0 Å². The Morgan fingerprint density at radius 3 is 1.86 bits per heavy atom. The van der Waals surface area contributed by atoms with Crippen molar-refractivity contribution in [1.29, 1.82) is 0 Å². The maximum absolute atomic E-state index is 5.88. The first-order chi connectivity index (χ1) is 10.3. The van der Waals surface area contributed by atoms with Crippen molar-refractivity contribution < 1.29 is 0 Å². The van der Waals surface area contributed by atoms with Crippen LogP contribution in [0, 0.1) is 23.2 Å². The van der Waals surface area contributed by atoms with Gasteiger partial charge in [-0.05, 0) is 94.3 Å². The second-order valence-corrected chi connectivity index (χ2v) is 8.87. The number of nitrogens with zero attached hydrogens (tertiary/aromatic N) is 2. The SMILES string of the molecule is [B]N1CCC(CC(C)CC(C)(C)CC2CCN([B])CC2)CC1. The highest BCUT2D eigenvalue weighted by Crippen LogP contribution is 2.38. The fraction of sp³-hybridized carbons (Fsp3) is 1.00. The minimum Gasteiger partial charge on any atom is -0.353 e. The van der Waals surface area contributed by atoms with Gasteiger partial charge in [-0.25, -0.2) is 0 Å². The molecule has 0 aromatic carbocycles. The summed E-state index contributed by atoms with van der Waals surface area (Å²) < 4.78 is 0. The van der Waals surface area contributed by atoms with Crippen molar-refractivity contribution in [3.05, 3.63) is 0 Å². The molecular formula is C18H34B2N2. The first-order valence-electron chi connectivity index (χ1n) is 9.33. The van der Waals surface area contributed by atoms with Gasteiger partial charge in [0.25, 0.3) is 0 Å². The Labute approximate surface area is 141 Å². The van der Waals surface area contributed by atoms with Gasteiger partial charge in [-0.3, -0.25) is 0 Å². The van der Waals surface area contributed by atoms with Crippen LogP contribution >= 0.6 is 0 Å². The van der Waals surface area contributed by atoms with Crippen molar-refractivity contribution in [2.45, 2.75) is 65.7 Å².